The predicted molar refractivity (Wildman–Crippen MR) is 80.7 cm³/mol. The lowest BCUT2D eigenvalue weighted by Crippen LogP contribution is -2.37. The van der Waals surface area contributed by atoms with Gasteiger partial charge in [0.25, 0.3) is 0 Å². The zero-order chi connectivity index (χ0) is 13.0. The molecule has 1 saturated heterocycles. The van der Waals surface area contributed by atoms with Gasteiger partial charge in [-0.05, 0) is 19.0 Å². The SMILES string of the molecule is CNCC(C)C(=O)N1CCC(c2ccccc2)C1.Cl. The van der Waals surface area contributed by atoms with Gasteiger partial charge in [0.15, 0.2) is 0 Å². The van der Waals surface area contributed by atoms with Gasteiger partial charge in [-0.1, -0.05) is 37.3 Å². The van der Waals surface area contributed by atoms with Gasteiger partial charge in [-0.3, -0.25) is 4.79 Å². The standard InChI is InChI=1S/C15H22N2O.ClH/c1-12(10-16-2)15(18)17-9-8-14(11-17)13-6-4-3-5-7-13;/h3-7,12,14,16H,8-11H2,1-2H3;1H. The first kappa shape index (κ1) is 16.0. The number of nitrogens with one attached hydrogen (secondary N) is 1. The van der Waals surface area contributed by atoms with E-state index >= 15 is 0 Å². The molecule has 2 unspecified atom stereocenters. The Morgan fingerprint density at radius 1 is 1.42 bits per heavy atom. The monoisotopic (exact) mass is 282 g/mol. The Balaban J connectivity index is 0.00000180. The number of hydrogen-bond donors (Lipinski definition) is 1. The van der Waals surface area contributed by atoms with E-state index in [0.717, 1.165) is 26.1 Å². The Morgan fingerprint density at radius 3 is 2.74 bits per heavy atom. The Bertz CT molecular complexity index is 396. The van der Waals surface area contributed by atoms with Crippen LogP contribution >= 0.6 is 12.4 Å². The fraction of sp³-hybridized carbons (Fsp3) is 0.533. The maximum Gasteiger partial charge on any atom is 0.226 e. The summed E-state index contributed by atoms with van der Waals surface area (Å²) in [4.78, 5) is 14.2. The molecule has 2 rings (SSSR count). The van der Waals surface area contributed by atoms with Crippen molar-refractivity contribution in [3.05, 3.63) is 35.9 Å². The fourth-order valence-corrected chi connectivity index (χ4v) is 2.66. The third-order valence-corrected chi connectivity index (χ3v) is 3.70. The van der Waals surface area contributed by atoms with E-state index in [0.29, 0.717) is 5.92 Å². The van der Waals surface area contributed by atoms with Gasteiger partial charge in [-0.15, -0.1) is 12.4 Å². The minimum absolute atomic E-state index is 0. The molecule has 1 aromatic carbocycles. The van der Waals surface area contributed by atoms with Crippen LogP contribution < -0.4 is 5.32 Å². The van der Waals surface area contributed by atoms with E-state index in [1.54, 1.807) is 0 Å². The molecule has 3 nitrogen and oxygen atoms in total. The fourth-order valence-electron chi connectivity index (χ4n) is 2.66. The number of carbonyl (C=O) groups excluding carboxylic acids is 1. The molecule has 4 heteroatoms. The third kappa shape index (κ3) is 3.95. The Morgan fingerprint density at radius 2 is 2.11 bits per heavy atom. The van der Waals surface area contributed by atoms with Gasteiger partial charge in [-0.25, -0.2) is 0 Å². The summed E-state index contributed by atoms with van der Waals surface area (Å²) < 4.78 is 0. The van der Waals surface area contributed by atoms with Crippen molar-refractivity contribution in [1.29, 1.82) is 0 Å². The van der Waals surface area contributed by atoms with Crippen LogP contribution in [0.4, 0.5) is 0 Å². The lowest BCUT2D eigenvalue weighted by atomic mass is 9.99. The van der Waals surface area contributed by atoms with E-state index in [1.807, 2.05) is 24.9 Å². The second-order valence-corrected chi connectivity index (χ2v) is 5.14. The largest absolute Gasteiger partial charge is 0.342 e. The summed E-state index contributed by atoms with van der Waals surface area (Å²) in [6.07, 6.45) is 1.09. The van der Waals surface area contributed by atoms with Crippen molar-refractivity contribution in [2.75, 3.05) is 26.7 Å². The molecule has 0 spiro atoms. The van der Waals surface area contributed by atoms with E-state index in [2.05, 4.69) is 29.6 Å². The number of rotatable bonds is 4. The highest BCUT2D eigenvalue weighted by Gasteiger charge is 2.29. The summed E-state index contributed by atoms with van der Waals surface area (Å²) in [5, 5.41) is 3.07. The van der Waals surface area contributed by atoms with Crippen molar-refractivity contribution >= 4 is 18.3 Å². The van der Waals surface area contributed by atoms with Crippen LogP contribution in [0.25, 0.3) is 0 Å². The molecule has 19 heavy (non-hydrogen) atoms. The lowest BCUT2D eigenvalue weighted by Gasteiger charge is -2.21. The molecule has 0 aromatic heterocycles. The number of benzene rings is 1. The van der Waals surface area contributed by atoms with Gasteiger partial charge in [0, 0.05) is 31.5 Å². The number of likely N-dealkylation sites (tertiary alicyclic amines) is 1. The first-order valence-electron chi connectivity index (χ1n) is 6.70. The summed E-state index contributed by atoms with van der Waals surface area (Å²) in [5.41, 5.74) is 1.36. The summed E-state index contributed by atoms with van der Waals surface area (Å²) in [5.74, 6) is 0.865. The first-order chi connectivity index (χ1) is 8.72. The van der Waals surface area contributed by atoms with Crippen LogP contribution in [-0.4, -0.2) is 37.5 Å². The highest BCUT2D eigenvalue weighted by atomic mass is 35.5. The van der Waals surface area contributed by atoms with Crippen molar-refractivity contribution in [2.24, 2.45) is 5.92 Å². The molecule has 2 atom stereocenters. The second kappa shape index (κ2) is 7.51. The molecule has 1 amide bonds. The van der Waals surface area contributed by atoms with Gasteiger partial charge >= 0.3 is 0 Å². The van der Waals surface area contributed by atoms with E-state index < -0.39 is 0 Å². The Labute approximate surface area is 121 Å². The average Bonchev–Trinajstić information content (AvgIpc) is 2.89. The molecule has 1 aromatic rings. The van der Waals surface area contributed by atoms with Crippen molar-refractivity contribution in [2.45, 2.75) is 19.3 Å². The number of amides is 1. The van der Waals surface area contributed by atoms with Crippen LogP contribution in [0.1, 0.15) is 24.8 Å². The maximum atomic E-state index is 12.2. The van der Waals surface area contributed by atoms with Gasteiger partial charge in [0.2, 0.25) is 5.91 Å². The molecule has 1 fully saturated rings. The third-order valence-electron chi connectivity index (χ3n) is 3.70. The van der Waals surface area contributed by atoms with E-state index in [4.69, 9.17) is 0 Å². The van der Waals surface area contributed by atoms with Gasteiger partial charge in [0.1, 0.15) is 0 Å². The predicted octanol–water partition coefficient (Wildman–Crippen LogP) is 2.28. The number of hydrogen-bond acceptors (Lipinski definition) is 2. The molecule has 1 aliphatic heterocycles. The minimum atomic E-state index is 0. The lowest BCUT2D eigenvalue weighted by molar-refractivity contribution is -0.133. The van der Waals surface area contributed by atoms with Crippen molar-refractivity contribution in [3.8, 4) is 0 Å². The molecule has 1 heterocycles. The topological polar surface area (TPSA) is 32.3 Å². The van der Waals surface area contributed by atoms with Crippen LogP contribution in [0.3, 0.4) is 0 Å². The summed E-state index contributed by atoms with van der Waals surface area (Å²) in [6, 6.07) is 10.5. The zero-order valence-corrected chi connectivity index (χ0v) is 12.5. The van der Waals surface area contributed by atoms with Gasteiger partial charge in [-0.2, -0.15) is 0 Å². The molecule has 0 radical (unpaired) electrons. The molecule has 0 saturated carbocycles. The summed E-state index contributed by atoms with van der Waals surface area (Å²) >= 11 is 0. The van der Waals surface area contributed by atoms with Crippen LogP contribution in [-0.2, 0) is 4.79 Å². The maximum absolute atomic E-state index is 12.2. The summed E-state index contributed by atoms with van der Waals surface area (Å²) in [6.45, 7) is 4.52. The summed E-state index contributed by atoms with van der Waals surface area (Å²) in [7, 11) is 1.89. The van der Waals surface area contributed by atoms with Crippen molar-refractivity contribution < 1.29 is 4.79 Å². The van der Waals surface area contributed by atoms with E-state index in [1.165, 1.54) is 5.56 Å². The normalized spacial score (nSPS) is 19.9. The van der Waals surface area contributed by atoms with Crippen LogP contribution in [0.15, 0.2) is 30.3 Å². The van der Waals surface area contributed by atoms with E-state index in [9.17, 15) is 4.79 Å². The van der Waals surface area contributed by atoms with Gasteiger partial charge in [0.05, 0.1) is 0 Å². The van der Waals surface area contributed by atoms with Crippen molar-refractivity contribution in [3.63, 3.8) is 0 Å². The molecule has 1 aliphatic rings. The number of halogens is 1. The second-order valence-electron chi connectivity index (χ2n) is 5.14. The van der Waals surface area contributed by atoms with E-state index in [-0.39, 0.29) is 24.2 Å². The van der Waals surface area contributed by atoms with Gasteiger partial charge < -0.3 is 10.2 Å². The Kier molecular flexibility index (Phi) is 6.32. The quantitative estimate of drug-likeness (QED) is 0.919. The first-order valence-corrected chi connectivity index (χ1v) is 6.70. The average molecular weight is 283 g/mol. The number of nitrogens with zero attached hydrogens (tertiary/aromatic N) is 1. The molecule has 0 bridgehead atoms. The Hall–Kier alpha value is -1.06. The molecular formula is C15H23ClN2O. The highest BCUT2D eigenvalue weighted by molar-refractivity contribution is 5.85. The van der Waals surface area contributed by atoms with Crippen LogP contribution in [0.5, 0.6) is 0 Å². The van der Waals surface area contributed by atoms with Crippen LogP contribution in [0.2, 0.25) is 0 Å². The van der Waals surface area contributed by atoms with Crippen LogP contribution in [0, 0.1) is 5.92 Å². The molecule has 1 N–H and O–H groups in total. The molecule has 106 valence electrons. The number of carbonyl (C=O) groups is 1. The highest BCUT2D eigenvalue weighted by Crippen LogP contribution is 2.27. The zero-order valence-electron chi connectivity index (χ0n) is 11.6. The minimum Gasteiger partial charge on any atom is -0.342 e. The smallest absolute Gasteiger partial charge is 0.226 e. The molecular weight excluding hydrogens is 260 g/mol. The van der Waals surface area contributed by atoms with Crippen molar-refractivity contribution in [1.82, 2.24) is 10.2 Å². The molecule has 0 aliphatic carbocycles.